The number of nitrogens with one attached hydrogen (secondary N) is 1. The Balaban J connectivity index is 1.70. The third-order valence-electron chi connectivity index (χ3n) is 4.32. The van der Waals surface area contributed by atoms with Crippen LogP contribution in [0.4, 0.5) is 19.3 Å². The third kappa shape index (κ3) is 4.22. The summed E-state index contributed by atoms with van der Waals surface area (Å²) in [6.45, 7) is -2.27. The van der Waals surface area contributed by atoms with E-state index in [0.717, 1.165) is 24.2 Å². The molecule has 1 heterocycles. The first-order valence-electron chi connectivity index (χ1n) is 8.33. The van der Waals surface area contributed by atoms with Crippen molar-refractivity contribution in [3.63, 3.8) is 0 Å². The molecule has 0 aromatic heterocycles. The van der Waals surface area contributed by atoms with Gasteiger partial charge in [0, 0.05) is 18.3 Å². The van der Waals surface area contributed by atoms with E-state index in [9.17, 15) is 13.6 Å². The fraction of sp³-hybridized carbons (Fsp3) is 0.316. The van der Waals surface area contributed by atoms with Gasteiger partial charge in [0.2, 0.25) is 0 Å². The topological polar surface area (TPSA) is 50.8 Å². The summed E-state index contributed by atoms with van der Waals surface area (Å²) in [6.07, 6.45) is 1.77. The zero-order chi connectivity index (χ0) is 18.5. The summed E-state index contributed by atoms with van der Waals surface area (Å²) in [5.74, 6) is 0.768. The highest BCUT2D eigenvalue weighted by molar-refractivity contribution is 5.90. The van der Waals surface area contributed by atoms with E-state index in [0.29, 0.717) is 12.2 Å². The van der Waals surface area contributed by atoms with Crippen LogP contribution in [0, 0.1) is 0 Å². The van der Waals surface area contributed by atoms with E-state index in [-0.39, 0.29) is 17.8 Å². The van der Waals surface area contributed by atoms with Crippen molar-refractivity contribution in [2.24, 2.45) is 0 Å². The van der Waals surface area contributed by atoms with Crippen LogP contribution in [0.3, 0.4) is 0 Å². The van der Waals surface area contributed by atoms with E-state index in [1.165, 1.54) is 12.1 Å². The molecule has 5 nitrogen and oxygen atoms in total. The fourth-order valence-corrected chi connectivity index (χ4v) is 3.13. The number of likely N-dealkylation sites (tertiary alicyclic amines) is 1. The van der Waals surface area contributed by atoms with Crippen molar-refractivity contribution >= 4 is 11.7 Å². The molecule has 0 bridgehead atoms. The standard InChI is InChI=1S/C19H20F2N2O3/c1-25-15-9-7-13(8-10-15)17-6-3-11-23(17)19(24)22-14-4-2-5-16(12-14)26-18(20)21/h2,4-5,7-10,12,17-18H,3,6,11H2,1H3,(H,22,24). The molecule has 1 fully saturated rings. The van der Waals surface area contributed by atoms with E-state index in [1.807, 2.05) is 24.3 Å². The average molecular weight is 362 g/mol. The number of benzene rings is 2. The van der Waals surface area contributed by atoms with Crippen molar-refractivity contribution in [1.82, 2.24) is 4.90 Å². The van der Waals surface area contributed by atoms with Gasteiger partial charge in [-0.15, -0.1) is 0 Å². The van der Waals surface area contributed by atoms with E-state index < -0.39 is 6.61 Å². The van der Waals surface area contributed by atoms with Gasteiger partial charge in [0.15, 0.2) is 0 Å². The molecule has 26 heavy (non-hydrogen) atoms. The fourth-order valence-electron chi connectivity index (χ4n) is 3.13. The molecule has 2 amide bonds. The number of hydrogen-bond acceptors (Lipinski definition) is 3. The molecule has 3 rings (SSSR count). The molecule has 1 unspecified atom stereocenters. The van der Waals surface area contributed by atoms with Crippen molar-refractivity contribution in [3.05, 3.63) is 54.1 Å². The number of nitrogens with zero attached hydrogens (tertiary/aromatic N) is 1. The minimum absolute atomic E-state index is 0.00549. The Morgan fingerprint density at radius 2 is 1.96 bits per heavy atom. The van der Waals surface area contributed by atoms with E-state index in [1.54, 1.807) is 24.1 Å². The molecule has 0 spiro atoms. The number of halogens is 2. The summed E-state index contributed by atoms with van der Waals surface area (Å²) < 4.78 is 34.2. The van der Waals surface area contributed by atoms with Gasteiger partial charge in [0.1, 0.15) is 11.5 Å². The van der Waals surface area contributed by atoms with Crippen LogP contribution < -0.4 is 14.8 Å². The Hall–Kier alpha value is -2.83. The molecule has 1 saturated heterocycles. The maximum absolute atomic E-state index is 12.7. The number of alkyl halides is 2. The largest absolute Gasteiger partial charge is 0.497 e. The van der Waals surface area contributed by atoms with Gasteiger partial charge in [-0.2, -0.15) is 8.78 Å². The predicted octanol–water partition coefficient (Wildman–Crippen LogP) is 4.67. The smallest absolute Gasteiger partial charge is 0.387 e. The van der Waals surface area contributed by atoms with Gasteiger partial charge in [-0.1, -0.05) is 18.2 Å². The summed E-state index contributed by atoms with van der Waals surface area (Å²) in [7, 11) is 1.61. The quantitative estimate of drug-likeness (QED) is 0.841. The lowest BCUT2D eigenvalue weighted by atomic mass is 10.0. The zero-order valence-corrected chi connectivity index (χ0v) is 14.3. The van der Waals surface area contributed by atoms with Gasteiger partial charge in [-0.3, -0.25) is 0 Å². The maximum Gasteiger partial charge on any atom is 0.387 e. The molecule has 1 atom stereocenters. The highest BCUT2D eigenvalue weighted by atomic mass is 19.3. The predicted molar refractivity (Wildman–Crippen MR) is 93.8 cm³/mol. The van der Waals surface area contributed by atoms with Crippen molar-refractivity contribution in [2.45, 2.75) is 25.5 Å². The molecule has 2 aromatic rings. The van der Waals surface area contributed by atoms with Gasteiger partial charge in [-0.05, 0) is 42.7 Å². The number of urea groups is 1. The van der Waals surface area contributed by atoms with Gasteiger partial charge in [0.05, 0.1) is 13.2 Å². The first-order chi connectivity index (χ1) is 12.6. The lowest BCUT2D eigenvalue weighted by molar-refractivity contribution is -0.0497. The summed E-state index contributed by atoms with van der Waals surface area (Å²) >= 11 is 0. The summed E-state index contributed by atoms with van der Waals surface area (Å²) in [6, 6.07) is 13.3. The van der Waals surface area contributed by atoms with Crippen LogP contribution in [0.2, 0.25) is 0 Å². The molecule has 0 radical (unpaired) electrons. The Bertz CT molecular complexity index is 753. The van der Waals surface area contributed by atoms with Crippen molar-refractivity contribution in [3.8, 4) is 11.5 Å². The highest BCUT2D eigenvalue weighted by Crippen LogP contribution is 2.33. The van der Waals surface area contributed by atoms with E-state index in [4.69, 9.17) is 4.74 Å². The number of carbonyl (C=O) groups excluding carboxylic acids is 1. The minimum Gasteiger partial charge on any atom is -0.497 e. The molecular weight excluding hydrogens is 342 g/mol. The van der Waals surface area contributed by atoms with Crippen LogP contribution in [0.15, 0.2) is 48.5 Å². The number of hydrogen-bond donors (Lipinski definition) is 1. The van der Waals surface area contributed by atoms with Crippen LogP contribution in [-0.2, 0) is 0 Å². The van der Waals surface area contributed by atoms with Crippen molar-refractivity contribution in [2.75, 3.05) is 19.0 Å². The Labute approximate surface area is 150 Å². The second-order valence-corrected chi connectivity index (χ2v) is 5.96. The Morgan fingerprint density at radius 1 is 1.19 bits per heavy atom. The van der Waals surface area contributed by atoms with Crippen LogP contribution in [0.1, 0.15) is 24.4 Å². The van der Waals surface area contributed by atoms with Crippen molar-refractivity contribution < 1.29 is 23.0 Å². The Morgan fingerprint density at radius 3 is 2.65 bits per heavy atom. The lowest BCUT2D eigenvalue weighted by Crippen LogP contribution is -2.34. The van der Waals surface area contributed by atoms with Gasteiger partial charge < -0.3 is 19.7 Å². The van der Waals surface area contributed by atoms with Gasteiger partial charge in [0.25, 0.3) is 0 Å². The molecular formula is C19H20F2N2O3. The van der Waals surface area contributed by atoms with Crippen LogP contribution >= 0.6 is 0 Å². The Kier molecular flexibility index (Phi) is 5.55. The normalized spacial score (nSPS) is 16.6. The lowest BCUT2D eigenvalue weighted by Gasteiger charge is -2.25. The molecule has 7 heteroatoms. The number of anilines is 1. The molecule has 2 aromatic carbocycles. The second-order valence-electron chi connectivity index (χ2n) is 5.96. The van der Waals surface area contributed by atoms with E-state index >= 15 is 0 Å². The third-order valence-corrected chi connectivity index (χ3v) is 4.32. The number of rotatable bonds is 5. The number of amides is 2. The zero-order valence-electron chi connectivity index (χ0n) is 14.3. The number of carbonyl (C=O) groups is 1. The monoisotopic (exact) mass is 362 g/mol. The maximum atomic E-state index is 12.7. The van der Waals surface area contributed by atoms with Crippen molar-refractivity contribution in [1.29, 1.82) is 0 Å². The van der Waals surface area contributed by atoms with Gasteiger partial charge in [-0.25, -0.2) is 4.79 Å². The molecule has 1 aliphatic heterocycles. The van der Waals surface area contributed by atoms with Crippen LogP contribution in [0.5, 0.6) is 11.5 Å². The minimum atomic E-state index is -2.90. The summed E-state index contributed by atoms with van der Waals surface area (Å²) in [5, 5.41) is 2.76. The second kappa shape index (κ2) is 8.03. The number of methoxy groups -OCH3 is 1. The average Bonchev–Trinajstić information content (AvgIpc) is 3.11. The van der Waals surface area contributed by atoms with Crippen LogP contribution in [0.25, 0.3) is 0 Å². The first kappa shape index (κ1) is 18.0. The first-order valence-corrected chi connectivity index (χ1v) is 8.33. The molecule has 138 valence electrons. The van der Waals surface area contributed by atoms with E-state index in [2.05, 4.69) is 10.1 Å². The summed E-state index contributed by atoms with van der Waals surface area (Å²) in [4.78, 5) is 14.4. The molecule has 1 aliphatic rings. The van der Waals surface area contributed by atoms with Gasteiger partial charge >= 0.3 is 12.6 Å². The molecule has 0 aliphatic carbocycles. The highest BCUT2D eigenvalue weighted by Gasteiger charge is 2.30. The summed E-state index contributed by atoms with van der Waals surface area (Å²) in [5.41, 5.74) is 1.45. The molecule has 0 saturated carbocycles. The van der Waals surface area contributed by atoms with Crippen LogP contribution in [-0.4, -0.2) is 31.2 Å². The SMILES string of the molecule is COc1ccc(C2CCCN2C(=O)Nc2cccc(OC(F)F)c2)cc1. The number of ether oxygens (including phenoxy) is 2. The molecule has 1 N–H and O–H groups in total.